The number of hydrogen-bond donors (Lipinski definition) is 2. The standard InChI is InChI=1S/C11H14ClN5/c1-7-5-10(12)4-3-9(7)6-13-8(2)11-14-16-17-15-11/h3-5,8,13H,6H2,1-2H3,(H,14,15,16,17). The van der Waals surface area contributed by atoms with Crippen molar-refractivity contribution in [2.75, 3.05) is 0 Å². The molecule has 2 rings (SSSR count). The molecule has 0 saturated heterocycles. The number of hydrogen-bond acceptors (Lipinski definition) is 4. The van der Waals surface area contributed by atoms with Crippen LogP contribution in [-0.4, -0.2) is 20.6 Å². The van der Waals surface area contributed by atoms with Crippen molar-refractivity contribution in [3.8, 4) is 0 Å². The number of nitrogens with one attached hydrogen (secondary N) is 2. The van der Waals surface area contributed by atoms with Crippen LogP contribution in [0.5, 0.6) is 0 Å². The minimum absolute atomic E-state index is 0.0591. The van der Waals surface area contributed by atoms with Crippen LogP contribution < -0.4 is 5.32 Å². The molecule has 0 amide bonds. The molecule has 0 radical (unpaired) electrons. The number of aromatic nitrogens is 4. The monoisotopic (exact) mass is 251 g/mol. The van der Waals surface area contributed by atoms with E-state index in [2.05, 4.69) is 25.9 Å². The van der Waals surface area contributed by atoms with Gasteiger partial charge in [-0.3, -0.25) is 0 Å². The van der Waals surface area contributed by atoms with Gasteiger partial charge in [0.25, 0.3) is 0 Å². The predicted octanol–water partition coefficient (Wildman–Crippen LogP) is 2.01. The fraction of sp³-hybridized carbons (Fsp3) is 0.364. The van der Waals surface area contributed by atoms with Gasteiger partial charge in [-0.2, -0.15) is 5.21 Å². The van der Waals surface area contributed by atoms with E-state index < -0.39 is 0 Å². The highest BCUT2D eigenvalue weighted by Crippen LogP contribution is 2.16. The van der Waals surface area contributed by atoms with E-state index in [1.54, 1.807) is 0 Å². The maximum absolute atomic E-state index is 5.91. The summed E-state index contributed by atoms with van der Waals surface area (Å²) in [5.41, 5.74) is 2.38. The second-order valence-electron chi connectivity index (χ2n) is 3.94. The summed E-state index contributed by atoms with van der Waals surface area (Å²) in [6, 6.07) is 5.93. The normalized spacial score (nSPS) is 12.6. The summed E-state index contributed by atoms with van der Waals surface area (Å²) in [5.74, 6) is 0.664. The summed E-state index contributed by atoms with van der Waals surface area (Å²) in [7, 11) is 0. The van der Waals surface area contributed by atoms with Crippen LogP contribution in [0.2, 0.25) is 5.02 Å². The van der Waals surface area contributed by atoms with E-state index in [-0.39, 0.29) is 6.04 Å². The molecule has 0 saturated carbocycles. The molecule has 1 aromatic heterocycles. The van der Waals surface area contributed by atoms with E-state index in [9.17, 15) is 0 Å². The van der Waals surface area contributed by atoms with Crippen molar-refractivity contribution in [3.05, 3.63) is 40.2 Å². The number of H-pyrrole nitrogens is 1. The van der Waals surface area contributed by atoms with Crippen LogP contribution in [0.3, 0.4) is 0 Å². The average molecular weight is 252 g/mol. The van der Waals surface area contributed by atoms with Crippen LogP contribution in [0.1, 0.15) is 29.9 Å². The summed E-state index contributed by atoms with van der Waals surface area (Å²) in [5, 5.41) is 17.9. The van der Waals surface area contributed by atoms with Crippen molar-refractivity contribution in [2.45, 2.75) is 26.4 Å². The first-order valence-electron chi connectivity index (χ1n) is 5.38. The van der Waals surface area contributed by atoms with Crippen LogP contribution in [0, 0.1) is 6.92 Å². The summed E-state index contributed by atoms with van der Waals surface area (Å²) < 4.78 is 0. The molecule has 0 spiro atoms. The second kappa shape index (κ2) is 5.25. The van der Waals surface area contributed by atoms with Gasteiger partial charge in [-0.1, -0.05) is 22.9 Å². The van der Waals surface area contributed by atoms with Gasteiger partial charge < -0.3 is 5.32 Å². The van der Waals surface area contributed by atoms with Crippen molar-refractivity contribution in [2.24, 2.45) is 0 Å². The third-order valence-electron chi connectivity index (χ3n) is 2.65. The fourth-order valence-corrected chi connectivity index (χ4v) is 1.79. The predicted molar refractivity (Wildman–Crippen MR) is 65.6 cm³/mol. The number of aryl methyl sites for hydroxylation is 1. The molecule has 2 aromatic rings. The van der Waals surface area contributed by atoms with Crippen LogP contribution in [0.4, 0.5) is 0 Å². The first-order valence-corrected chi connectivity index (χ1v) is 5.76. The van der Waals surface area contributed by atoms with Gasteiger partial charge in [0, 0.05) is 11.6 Å². The third-order valence-corrected chi connectivity index (χ3v) is 2.89. The highest BCUT2D eigenvalue weighted by Gasteiger charge is 2.09. The highest BCUT2D eigenvalue weighted by atomic mass is 35.5. The molecule has 5 nitrogen and oxygen atoms in total. The van der Waals surface area contributed by atoms with Crippen molar-refractivity contribution >= 4 is 11.6 Å². The number of halogens is 1. The zero-order valence-electron chi connectivity index (χ0n) is 9.74. The minimum Gasteiger partial charge on any atom is -0.303 e. The lowest BCUT2D eigenvalue weighted by molar-refractivity contribution is 0.546. The minimum atomic E-state index is 0.0591. The molecule has 6 heteroatoms. The van der Waals surface area contributed by atoms with Crippen molar-refractivity contribution in [3.63, 3.8) is 0 Å². The average Bonchev–Trinajstić information content (AvgIpc) is 2.81. The van der Waals surface area contributed by atoms with Gasteiger partial charge in [0.2, 0.25) is 0 Å². The maximum atomic E-state index is 5.91. The molecule has 1 aromatic carbocycles. The zero-order valence-corrected chi connectivity index (χ0v) is 10.5. The lowest BCUT2D eigenvalue weighted by Crippen LogP contribution is -2.19. The maximum Gasteiger partial charge on any atom is 0.191 e. The van der Waals surface area contributed by atoms with Crippen LogP contribution in [0.15, 0.2) is 18.2 Å². The first kappa shape index (κ1) is 12.0. The van der Waals surface area contributed by atoms with Crippen molar-refractivity contribution in [1.29, 1.82) is 0 Å². The molecule has 0 aliphatic carbocycles. The van der Waals surface area contributed by atoms with Crippen LogP contribution in [-0.2, 0) is 6.54 Å². The summed E-state index contributed by atoms with van der Waals surface area (Å²) >= 11 is 5.91. The molecule has 0 bridgehead atoms. The summed E-state index contributed by atoms with van der Waals surface area (Å²) in [4.78, 5) is 0. The Kier molecular flexibility index (Phi) is 3.71. The Labute approximate surface area is 105 Å². The SMILES string of the molecule is Cc1cc(Cl)ccc1CNC(C)c1nn[nH]n1. The number of rotatable bonds is 4. The van der Waals surface area contributed by atoms with Crippen molar-refractivity contribution in [1.82, 2.24) is 25.9 Å². The van der Waals surface area contributed by atoms with Crippen LogP contribution in [0.25, 0.3) is 0 Å². The second-order valence-corrected chi connectivity index (χ2v) is 4.38. The Hall–Kier alpha value is -1.46. The number of benzene rings is 1. The van der Waals surface area contributed by atoms with Gasteiger partial charge in [-0.25, -0.2) is 0 Å². The molecule has 0 aliphatic rings. The Morgan fingerprint density at radius 2 is 2.29 bits per heavy atom. The van der Waals surface area contributed by atoms with Gasteiger partial charge in [0.15, 0.2) is 5.82 Å². The van der Waals surface area contributed by atoms with Gasteiger partial charge in [0.05, 0.1) is 6.04 Å². The number of nitrogens with zero attached hydrogens (tertiary/aromatic N) is 3. The molecule has 90 valence electrons. The molecule has 2 N–H and O–H groups in total. The number of tetrazole rings is 1. The first-order chi connectivity index (χ1) is 8.16. The van der Waals surface area contributed by atoms with Gasteiger partial charge in [-0.15, -0.1) is 10.2 Å². The zero-order chi connectivity index (χ0) is 12.3. The Balaban J connectivity index is 1.98. The third kappa shape index (κ3) is 3.01. The topological polar surface area (TPSA) is 66.5 Å². The van der Waals surface area contributed by atoms with Crippen molar-refractivity contribution < 1.29 is 0 Å². The van der Waals surface area contributed by atoms with E-state index in [1.807, 2.05) is 32.0 Å². The Bertz CT molecular complexity index is 483. The Morgan fingerprint density at radius 1 is 1.47 bits per heavy atom. The summed E-state index contributed by atoms with van der Waals surface area (Å²) in [6.07, 6.45) is 0. The van der Waals surface area contributed by atoms with Gasteiger partial charge in [-0.05, 0) is 37.1 Å². The molecular formula is C11H14ClN5. The van der Waals surface area contributed by atoms with E-state index in [1.165, 1.54) is 11.1 Å². The summed E-state index contributed by atoms with van der Waals surface area (Å²) in [6.45, 7) is 4.79. The molecule has 0 fully saturated rings. The Morgan fingerprint density at radius 3 is 2.94 bits per heavy atom. The number of aromatic amines is 1. The van der Waals surface area contributed by atoms with E-state index in [0.29, 0.717) is 5.82 Å². The molecule has 1 unspecified atom stereocenters. The van der Waals surface area contributed by atoms with E-state index in [0.717, 1.165) is 11.6 Å². The quantitative estimate of drug-likeness (QED) is 0.872. The highest BCUT2D eigenvalue weighted by molar-refractivity contribution is 6.30. The van der Waals surface area contributed by atoms with Gasteiger partial charge >= 0.3 is 0 Å². The lowest BCUT2D eigenvalue weighted by Gasteiger charge is -2.11. The lowest BCUT2D eigenvalue weighted by atomic mass is 10.1. The van der Waals surface area contributed by atoms with Gasteiger partial charge in [0.1, 0.15) is 0 Å². The molecule has 0 aliphatic heterocycles. The van der Waals surface area contributed by atoms with Crippen LogP contribution >= 0.6 is 11.6 Å². The largest absolute Gasteiger partial charge is 0.303 e. The van der Waals surface area contributed by atoms with E-state index >= 15 is 0 Å². The fourth-order valence-electron chi connectivity index (χ4n) is 1.56. The smallest absolute Gasteiger partial charge is 0.191 e. The molecule has 1 atom stereocenters. The molecular weight excluding hydrogens is 238 g/mol. The van der Waals surface area contributed by atoms with E-state index in [4.69, 9.17) is 11.6 Å². The molecule has 1 heterocycles. The molecule has 17 heavy (non-hydrogen) atoms.